The van der Waals surface area contributed by atoms with Gasteiger partial charge < -0.3 is 24.8 Å². The van der Waals surface area contributed by atoms with E-state index in [4.69, 9.17) is 24.5 Å². The summed E-state index contributed by atoms with van der Waals surface area (Å²) < 4.78 is 36.0. The van der Waals surface area contributed by atoms with Gasteiger partial charge in [-0.1, -0.05) is 0 Å². The molecule has 2 aromatic heterocycles. The Bertz CT molecular complexity index is 855. The van der Waals surface area contributed by atoms with Crippen LogP contribution >= 0.6 is 7.60 Å². The molecule has 11 nitrogen and oxygen atoms in total. The Hall–Kier alpha value is -1.62. The van der Waals surface area contributed by atoms with Crippen molar-refractivity contribution in [3.8, 4) is 0 Å². The first kappa shape index (κ1) is 16.8. The molecular weight excluding hydrogens is 353 g/mol. The van der Waals surface area contributed by atoms with Crippen LogP contribution in [0.15, 0.2) is 12.7 Å². The fourth-order valence-electron chi connectivity index (χ4n) is 3.39. The third-order valence-corrected chi connectivity index (χ3v) is 4.95. The molecule has 0 spiro atoms. The first-order chi connectivity index (χ1) is 11.8. The van der Waals surface area contributed by atoms with Gasteiger partial charge in [-0.3, -0.25) is 13.7 Å². The first-order valence-electron chi connectivity index (χ1n) is 7.55. The average molecular weight is 371 g/mol. The van der Waals surface area contributed by atoms with E-state index in [1.54, 1.807) is 4.57 Å². The van der Waals surface area contributed by atoms with E-state index in [0.717, 1.165) is 6.66 Å². The number of rotatable bonds is 5. The molecule has 2 fully saturated rings. The highest BCUT2D eigenvalue weighted by molar-refractivity contribution is 7.51. The molecule has 0 aliphatic carbocycles. The number of methoxy groups -OCH3 is 1. The Kier molecular flexibility index (Phi) is 3.83. The summed E-state index contributed by atoms with van der Waals surface area (Å²) in [5.74, 6) is 0.251. The van der Waals surface area contributed by atoms with Crippen molar-refractivity contribution >= 4 is 24.6 Å². The minimum Gasteiger partial charge on any atom is -0.382 e. The lowest BCUT2D eigenvalue weighted by Gasteiger charge is -2.31. The van der Waals surface area contributed by atoms with Gasteiger partial charge in [-0.05, 0) is 0 Å². The summed E-state index contributed by atoms with van der Waals surface area (Å²) >= 11 is 0. The summed E-state index contributed by atoms with van der Waals surface area (Å²) in [6.07, 6.45) is 0.808. The first-order valence-corrected chi connectivity index (χ1v) is 9.57. The third-order valence-electron chi connectivity index (χ3n) is 4.33. The van der Waals surface area contributed by atoms with E-state index in [2.05, 4.69) is 15.0 Å². The van der Waals surface area contributed by atoms with Crippen LogP contribution in [0.3, 0.4) is 0 Å². The van der Waals surface area contributed by atoms with Crippen molar-refractivity contribution in [1.29, 1.82) is 0 Å². The molecule has 0 radical (unpaired) electrons. The van der Waals surface area contributed by atoms with E-state index in [-0.39, 0.29) is 19.0 Å². The van der Waals surface area contributed by atoms with Gasteiger partial charge in [0.1, 0.15) is 29.7 Å². The van der Waals surface area contributed by atoms with Crippen molar-refractivity contribution in [2.75, 3.05) is 32.7 Å². The second-order valence-corrected chi connectivity index (χ2v) is 8.01. The molecule has 0 saturated carbocycles. The molecule has 0 aromatic carbocycles. The van der Waals surface area contributed by atoms with Crippen LogP contribution in [-0.4, -0.2) is 69.2 Å². The number of nitrogen functional groups attached to an aromatic ring is 1. The number of anilines is 1. The van der Waals surface area contributed by atoms with Crippen molar-refractivity contribution in [3.63, 3.8) is 0 Å². The molecule has 5 atom stereocenters. The lowest BCUT2D eigenvalue weighted by atomic mass is 10.0. The third kappa shape index (κ3) is 2.64. The van der Waals surface area contributed by atoms with Crippen LogP contribution in [0.2, 0.25) is 0 Å². The van der Waals surface area contributed by atoms with Crippen LogP contribution in [0.1, 0.15) is 6.23 Å². The lowest BCUT2D eigenvalue weighted by Crippen LogP contribution is -2.45. The Labute approximate surface area is 142 Å². The number of fused-ring (bicyclic) bond motifs is 3. The highest BCUT2D eigenvalue weighted by atomic mass is 31.2. The Morgan fingerprint density at radius 3 is 3.04 bits per heavy atom. The standard InChI is InChI=1S/C13H18N5O6P/c1-21-3-13-4-22-8(9(13)24-25(2,19)20)12(23-13)18-6-17-7-10(14)15-5-16-11(7)18/h5-6,8-9,12H,3-4H2,1-2H3,(H,19,20)(H2,14,15,16)/t8-,9?,12+,13-/m0/s1. The number of imidazole rings is 1. The van der Waals surface area contributed by atoms with E-state index >= 15 is 0 Å². The summed E-state index contributed by atoms with van der Waals surface area (Å²) in [5, 5.41) is 0. The van der Waals surface area contributed by atoms with Crippen molar-refractivity contribution < 1.29 is 28.2 Å². The summed E-state index contributed by atoms with van der Waals surface area (Å²) in [7, 11) is -2.25. The predicted octanol–water partition coefficient (Wildman–Crippen LogP) is -0.0783. The fraction of sp³-hybridized carbons (Fsp3) is 0.615. The largest absolute Gasteiger partial charge is 0.382 e. The van der Waals surface area contributed by atoms with Crippen LogP contribution in [0.4, 0.5) is 5.82 Å². The SMILES string of the molecule is COC[C@]12CO[C@@H](C1OP(C)(=O)O)[C@H](n1cnc3c(N)ncnc31)O2. The topological polar surface area (TPSA) is 144 Å². The number of nitrogens with two attached hydrogens (primary N) is 1. The normalized spacial score (nSPS) is 33.8. The number of hydrogen-bond acceptors (Lipinski definition) is 9. The number of nitrogens with zero attached hydrogens (tertiary/aromatic N) is 4. The summed E-state index contributed by atoms with van der Waals surface area (Å²) in [6.45, 7) is 1.46. The van der Waals surface area contributed by atoms with Crippen molar-refractivity contribution in [2.45, 2.75) is 24.0 Å². The van der Waals surface area contributed by atoms with Crippen molar-refractivity contribution in [3.05, 3.63) is 12.7 Å². The van der Waals surface area contributed by atoms with Gasteiger partial charge in [-0.2, -0.15) is 0 Å². The molecule has 2 unspecified atom stereocenters. The molecule has 25 heavy (non-hydrogen) atoms. The molecule has 3 N–H and O–H groups in total. The van der Waals surface area contributed by atoms with Gasteiger partial charge in [-0.15, -0.1) is 0 Å². The van der Waals surface area contributed by atoms with Crippen LogP contribution < -0.4 is 5.73 Å². The zero-order valence-electron chi connectivity index (χ0n) is 13.6. The van der Waals surface area contributed by atoms with Crippen LogP contribution in [0.5, 0.6) is 0 Å². The summed E-state index contributed by atoms with van der Waals surface area (Å²) in [4.78, 5) is 22.0. The number of hydrogen-bond donors (Lipinski definition) is 2. The lowest BCUT2D eigenvalue weighted by molar-refractivity contribution is -0.188. The summed E-state index contributed by atoms with van der Waals surface area (Å²) in [6, 6.07) is 0. The van der Waals surface area contributed by atoms with E-state index in [1.807, 2.05) is 0 Å². The molecular formula is C13H18N5O6P. The highest BCUT2D eigenvalue weighted by Crippen LogP contribution is 2.53. The molecule has 0 amide bonds. The highest BCUT2D eigenvalue weighted by Gasteiger charge is 2.64. The van der Waals surface area contributed by atoms with Crippen LogP contribution in [0.25, 0.3) is 11.2 Å². The zero-order chi connectivity index (χ0) is 17.8. The van der Waals surface area contributed by atoms with Gasteiger partial charge in [-0.25, -0.2) is 15.0 Å². The molecule has 4 rings (SSSR count). The monoisotopic (exact) mass is 371 g/mol. The minimum atomic E-state index is -3.76. The molecule has 2 aliphatic rings. The average Bonchev–Trinajstić information content (AvgIpc) is 3.17. The van der Waals surface area contributed by atoms with E-state index < -0.39 is 31.6 Å². The molecule has 2 saturated heterocycles. The number of aromatic nitrogens is 4. The quantitative estimate of drug-likeness (QED) is 0.685. The molecule has 2 aromatic rings. The molecule has 2 bridgehead atoms. The van der Waals surface area contributed by atoms with E-state index in [0.29, 0.717) is 11.2 Å². The minimum absolute atomic E-state index is 0.147. The second kappa shape index (κ2) is 5.70. The van der Waals surface area contributed by atoms with Gasteiger partial charge in [0.25, 0.3) is 0 Å². The van der Waals surface area contributed by atoms with Gasteiger partial charge in [0.15, 0.2) is 17.7 Å². The summed E-state index contributed by atoms with van der Waals surface area (Å²) in [5.41, 5.74) is 5.74. The smallest absolute Gasteiger partial charge is 0.325 e. The fourth-order valence-corrected chi connectivity index (χ4v) is 4.12. The van der Waals surface area contributed by atoms with Crippen molar-refractivity contribution in [1.82, 2.24) is 19.5 Å². The van der Waals surface area contributed by atoms with E-state index in [1.165, 1.54) is 19.8 Å². The Morgan fingerprint density at radius 2 is 2.32 bits per heavy atom. The molecule has 12 heteroatoms. The van der Waals surface area contributed by atoms with Gasteiger partial charge in [0.05, 0.1) is 19.5 Å². The number of ether oxygens (including phenoxy) is 3. The predicted molar refractivity (Wildman–Crippen MR) is 84.8 cm³/mol. The Morgan fingerprint density at radius 1 is 1.52 bits per heavy atom. The maximum Gasteiger partial charge on any atom is 0.325 e. The maximum absolute atomic E-state index is 11.8. The van der Waals surface area contributed by atoms with E-state index in [9.17, 15) is 9.46 Å². The van der Waals surface area contributed by atoms with Crippen molar-refractivity contribution in [2.24, 2.45) is 0 Å². The molecule has 2 aliphatic heterocycles. The van der Waals surface area contributed by atoms with Crippen LogP contribution in [0, 0.1) is 0 Å². The Balaban J connectivity index is 1.74. The van der Waals surface area contributed by atoms with Crippen LogP contribution in [-0.2, 0) is 23.3 Å². The zero-order valence-corrected chi connectivity index (χ0v) is 14.5. The van der Waals surface area contributed by atoms with Gasteiger partial charge in [0, 0.05) is 13.8 Å². The maximum atomic E-state index is 11.8. The molecule has 4 heterocycles. The molecule has 136 valence electrons. The second-order valence-electron chi connectivity index (χ2n) is 6.19. The van der Waals surface area contributed by atoms with Gasteiger partial charge in [0.2, 0.25) is 0 Å². The van der Waals surface area contributed by atoms with Gasteiger partial charge >= 0.3 is 7.60 Å².